The van der Waals surface area contributed by atoms with Crippen LogP contribution in [0.2, 0.25) is 0 Å². The lowest BCUT2D eigenvalue weighted by Crippen LogP contribution is -2.18. The van der Waals surface area contributed by atoms with Crippen LogP contribution in [0.25, 0.3) is 10.9 Å². The number of nitrogens with one attached hydrogen (secondary N) is 1. The highest BCUT2D eigenvalue weighted by atomic mass is 16.1. The molecule has 106 valence electrons. The van der Waals surface area contributed by atoms with Crippen molar-refractivity contribution in [3.63, 3.8) is 0 Å². The van der Waals surface area contributed by atoms with Gasteiger partial charge in [0.05, 0.1) is 11.4 Å². The van der Waals surface area contributed by atoms with Crippen molar-refractivity contribution in [3.05, 3.63) is 60.3 Å². The first-order valence-electron chi connectivity index (χ1n) is 6.84. The van der Waals surface area contributed by atoms with Gasteiger partial charge in [-0.25, -0.2) is 0 Å². The molecule has 21 heavy (non-hydrogen) atoms. The summed E-state index contributed by atoms with van der Waals surface area (Å²) >= 11 is 0. The smallest absolute Gasteiger partial charge is 0.244 e. The van der Waals surface area contributed by atoms with Crippen molar-refractivity contribution in [2.24, 2.45) is 0 Å². The molecule has 0 aliphatic rings. The number of aromatic nitrogens is 1. The Morgan fingerprint density at radius 2 is 1.86 bits per heavy atom. The molecule has 0 saturated carbocycles. The van der Waals surface area contributed by atoms with E-state index in [-0.39, 0.29) is 12.5 Å². The molecule has 0 aliphatic heterocycles. The summed E-state index contributed by atoms with van der Waals surface area (Å²) in [6, 6.07) is 15.3. The molecule has 3 N–H and O–H groups in total. The molecule has 1 heterocycles. The SMILES string of the molecule is Cc1cn(CC(=O)Nc2ccccc2N)c2ccccc12. The number of para-hydroxylation sites is 3. The predicted octanol–water partition coefficient (Wildman–Crippen LogP) is 3.17. The van der Waals surface area contributed by atoms with Crippen LogP contribution in [0.5, 0.6) is 0 Å². The van der Waals surface area contributed by atoms with Crippen LogP contribution in [0, 0.1) is 6.92 Å². The van der Waals surface area contributed by atoms with Crippen molar-refractivity contribution < 1.29 is 4.79 Å². The van der Waals surface area contributed by atoms with Crippen LogP contribution in [-0.4, -0.2) is 10.5 Å². The molecule has 0 spiro atoms. The first kappa shape index (κ1) is 13.2. The Bertz CT molecular complexity index is 805. The molecule has 3 rings (SSSR count). The fourth-order valence-electron chi connectivity index (χ4n) is 2.52. The summed E-state index contributed by atoms with van der Waals surface area (Å²) in [5.74, 6) is -0.0892. The molecule has 2 aromatic carbocycles. The van der Waals surface area contributed by atoms with Crippen molar-refractivity contribution in [2.45, 2.75) is 13.5 Å². The lowest BCUT2D eigenvalue weighted by molar-refractivity contribution is -0.116. The summed E-state index contributed by atoms with van der Waals surface area (Å²) in [6.45, 7) is 2.31. The van der Waals surface area contributed by atoms with Gasteiger partial charge in [0.2, 0.25) is 5.91 Å². The van der Waals surface area contributed by atoms with E-state index in [0.717, 1.165) is 11.1 Å². The molecule has 0 radical (unpaired) electrons. The van der Waals surface area contributed by atoms with Crippen LogP contribution in [0.4, 0.5) is 11.4 Å². The van der Waals surface area contributed by atoms with E-state index in [1.54, 1.807) is 12.1 Å². The second kappa shape index (κ2) is 5.32. The van der Waals surface area contributed by atoms with Gasteiger partial charge in [-0.1, -0.05) is 30.3 Å². The zero-order chi connectivity index (χ0) is 14.8. The van der Waals surface area contributed by atoms with E-state index in [0.29, 0.717) is 11.4 Å². The number of fused-ring (bicyclic) bond motifs is 1. The van der Waals surface area contributed by atoms with E-state index in [1.165, 1.54) is 5.39 Å². The number of aryl methyl sites for hydroxylation is 1. The molecule has 1 aromatic heterocycles. The summed E-state index contributed by atoms with van der Waals surface area (Å²) in [6.07, 6.45) is 2.00. The maximum atomic E-state index is 12.2. The summed E-state index contributed by atoms with van der Waals surface area (Å²) in [7, 11) is 0. The first-order chi connectivity index (χ1) is 10.1. The molecule has 0 saturated heterocycles. The maximum Gasteiger partial charge on any atom is 0.244 e. The van der Waals surface area contributed by atoms with Gasteiger partial charge in [-0.3, -0.25) is 4.79 Å². The van der Waals surface area contributed by atoms with Crippen LogP contribution >= 0.6 is 0 Å². The van der Waals surface area contributed by atoms with Crippen LogP contribution < -0.4 is 11.1 Å². The van der Waals surface area contributed by atoms with E-state index in [1.807, 2.05) is 48.0 Å². The molecule has 4 nitrogen and oxygen atoms in total. The summed E-state index contributed by atoms with van der Waals surface area (Å²) in [5.41, 5.74) is 9.28. The largest absolute Gasteiger partial charge is 0.397 e. The standard InChI is InChI=1S/C17H17N3O/c1-12-10-20(16-9-5-2-6-13(12)16)11-17(21)19-15-8-4-3-7-14(15)18/h2-10H,11,18H2,1H3,(H,19,21). The second-order valence-electron chi connectivity index (χ2n) is 5.09. The lowest BCUT2D eigenvalue weighted by atomic mass is 10.2. The molecule has 0 aliphatic carbocycles. The van der Waals surface area contributed by atoms with Crippen LogP contribution in [0.15, 0.2) is 54.7 Å². The Hall–Kier alpha value is -2.75. The van der Waals surface area contributed by atoms with Crippen molar-refractivity contribution in [3.8, 4) is 0 Å². The monoisotopic (exact) mass is 279 g/mol. The molecular weight excluding hydrogens is 262 g/mol. The third-order valence-corrected chi connectivity index (χ3v) is 3.54. The van der Waals surface area contributed by atoms with E-state index in [9.17, 15) is 4.79 Å². The number of carbonyl (C=O) groups excluding carboxylic acids is 1. The van der Waals surface area contributed by atoms with Gasteiger partial charge in [-0.2, -0.15) is 0 Å². The van der Waals surface area contributed by atoms with Gasteiger partial charge in [-0.15, -0.1) is 0 Å². The quantitative estimate of drug-likeness (QED) is 0.723. The highest BCUT2D eigenvalue weighted by Gasteiger charge is 2.09. The minimum Gasteiger partial charge on any atom is -0.397 e. The number of nitrogens with zero attached hydrogens (tertiary/aromatic N) is 1. The van der Waals surface area contributed by atoms with Gasteiger partial charge in [0, 0.05) is 17.1 Å². The van der Waals surface area contributed by atoms with Crippen molar-refractivity contribution in [1.82, 2.24) is 4.57 Å². The highest BCUT2D eigenvalue weighted by molar-refractivity contribution is 5.95. The molecule has 0 atom stereocenters. The van der Waals surface area contributed by atoms with Gasteiger partial charge >= 0.3 is 0 Å². The highest BCUT2D eigenvalue weighted by Crippen LogP contribution is 2.21. The molecule has 4 heteroatoms. The lowest BCUT2D eigenvalue weighted by Gasteiger charge is -2.09. The molecule has 1 amide bonds. The van der Waals surface area contributed by atoms with Gasteiger partial charge < -0.3 is 15.6 Å². The minimum atomic E-state index is -0.0892. The number of hydrogen-bond acceptors (Lipinski definition) is 2. The van der Waals surface area contributed by atoms with Crippen molar-refractivity contribution in [1.29, 1.82) is 0 Å². The molecule has 0 fully saturated rings. The van der Waals surface area contributed by atoms with Crippen LogP contribution in [-0.2, 0) is 11.3 Å². The van der Waals surface area contributed by atoms with E-state index >= 15 is 0 Å². The molecular formula is C17H17N3O. The van der Waals surface area contributed by atoms with E-state index in [4.69, 9.17) is 5.73 Å². The van der Waals surface area contributed by atoms with Crippen molar-refractivity contribution >= 4 is 28.2 Å². The fraction of sp³-hybridized carbons (Fsp3) is 0.118. The van der Waals surface area contributed by atoms with Gasteiger partial charge in [0.15, 0.2) is 0 Å². The zero-order valence-corrected chi connectivity index (χ0v) is 11.8. The third kappa shape index (κ3) is 2.60. The number of carbonyl (C=O) groups is 1. The Balaban J connectivity index is 1.82. The fourth-order valence-corrected chi connectivity index (χ4v) is 2.52. The Morgan fingerprint density at radius 1 is 1.14 bits per heavy atom. The molecule has 0 unspecified atom stereocenters. The van der Waals surface area contributed by atoms with Gasteiger partial charge in [0.25, 0.3) is 0 Å². The van der Waals surface area contributed by atoms with E-state index in [2.05, 4.69) is 11.4 Å². The normalized spacial score (nSPS) is 10.7. The Labute approximate surface area is 123 Å². The number of rotatable bonds is 3. The Kier molecular flexibility index (Phi) is 3.36. The maximum absolute atomic E-state index is 12.2. The zero-order valence-electron chi connectivity index (χ0n) is 11.8. The van der Waals surface area contributed by atoms with Crippen molar-refractivity contribution in [2.75, 3.05) is 11.1 Å². The average molecular weight is 279 g/mol. The number of benzene rings is 2. The predicted molar refractivity (Wildman–Crippen MR) is 86.2 cm³/mol. The number of anilines is 2. The van der Waals surface area contributed by atoms with Crippen LogP contribution in [0.1, 0.15) is 5.56 Å². The third-order valence-electron chi connectivity index (χ3n) is 3.54. The summed E-state index contributed by atoms with van der Waals surface area (Å²) in [4.78, 5) is 12.2. The van der Waals surface area contributed by atoms with Gasteiger partial charge in [0.1, 0.15) is 6.54 Å². The number of nitrogens with two attached hydrogens (primary N) is 1. The Morgan fingerprint density at radius 3 is 2.67 bits per heavy atom. The number of nitrogen functional groups attached to an aromatic ring is 1. The topological polar surface area (TPSA) is 60.0 Å². The molecule has 0 bridgehead atoms. The first-order valence-corrected chi connectivity index (χ1v) is 6.84. The summed E-state index contributed by atoms with van der Waals surface area (Å²) < 4.78 is 1.96. The molecule has 3 aromatic rings. The van der Waals surface area contributed by atoms with E-state index < -0.39 is 0 Å². The summed E-state index contributed by atoms with van der Waals surface area (Å²) in [5, 5.41) is 4.02. The average Bonchev–Trinajstić information content (AvgIpc) is 2.79. The minimum absolute atomic E-state index is 0.0892. The number of hydrogen-bond donors (Lipinski definition) is 2. The van der Waals surface area contributed by atoms with Crippen LogP contribution in [0.3, 0.4) is 0 Å². The van der Waals surface area contributed by atoms with Gasteiger partial charge in [-0.05, 0) is 30.7 Å². The number of amides is 1. The second-order valence-corrected chi connectivity index (χ2v) is 5.09.